The quantitative estimate of drug-likeness (QED) is 0.530. The van der Waals surface area contributed by atoms with E-state index in [-0.39, 0.29) is 37.9 Å². The number of rotatable bonds is 8. The van der Waals surface area contributed by atoms with Crippen LogP contribution in [0, 0.1) is 0 Å². The number of hydrogen-bond donors (Lipinski definition) is 3. The van der Waals surface area contributed by atoms with Crippen LogP contribution in [0.1, 0.15) is 32.1 Å². The maximum Gasteiger partial charge on any atom is 0.332 e. The minimum absolute atomic E-state index is 0.00808. The molecular weight excluding hydrogens is 204 g/mol. The molecule has 0 radical (unpaired) electrons. The summed E-state index contributed by atoms with van der Waals surface area (Å²) in [5.74, 6) is -2.57. The van der Waals surface area contributed by atoms with Crippen LogP contribution in [0.5, 0.6) is 0 Å². The molecule has 0 saturated carbocycles. The van der Waals surface area contributed by atoms with E-state index >= 15 is 0 Å². The number of ketones is 1. The summed E-state index contributed by atoms with van der Waals surface area (Å²) in [4.78, 5) is 31.3. The molecule has 0 spiro atoms. The minimum Gasteiger partial charge on any atom is -0.481 e. The number of carbonyl (C=O) groups is 3. The molecule has 1 atom stereocenters. The molecule has 0 heterocycles. The van der Waals surface area contributed by atoms with E-state index in [0.717, 1.165) is 0 Å². The van der Waals surface area contributed by atoms with E-state index in [1.165, 1.54) is 0 Å². The van der Waals surface area contributed by atoms with Crippen molar-refractivity contribution in [2.24, 2.45) is 0 Å². The Morgan fingerprint density at radius 2 is 1.60 bits per heavy atom. The molecule has 86 valence electrons. The van der Waals surface area contributed by atoms with Crippen LogP contribution in [0.4, 0.5) is 0 Å². The molecule has 1 unspecified atom stereocenters. The van der Waals surface area contributed by atoms with E-state index in [1.54, 1.807) is 0 Å². The number of carboxylic acids is 2. The van der Waals surface area contributed by atoms with Crippen molar-refractivity contribution in [3.05, 3.63) is 0 Å². The predicted octanol–water partition coefficient (Wildman–Crippen LogP) is 0.0361. The molecule has 0 aromatic heterocycles. The summed E-state index contributed by atoms with van der Waals surface area (Å²) in [5, 5.41) is 25.4. The van der Waals surface area contributed by atoms with Crippen LogP contribution in [0.25, 0.3) is 0 Å². The lowest BCUT2D eigenvalue weighted by atomic mass is 10.1. The summed E-state index contributed by atoms with van der Waals surface area (Å²) in [7, 11) is 0. The summed E-state index contributed by atoms with van der Waals surface area (Å²) in [6.45, 7) is 0. The SMILES string of the molecule is O=C(O)CCC(=O)CCCC(O)C(=O)O. The van der Waals surface area contributed by atoms with Crippen molar-refractivity contribution in [2.45, 2.75) is 38.2 Å². The number of carboxylic acid groups (broad SMARTS) is 2. The van der Waals surface area contributed by atoms with Gasteiger partial charge in [0.25, 0.3) is 0 Å². The van der Waals surface area contributed by atoms with E-state index < -0.39 is 18.0 Å². The van der Waals surface area contributed by atoms with Gasteiger partial charge < -0.3 is 15.3 Å². The van der Waals surface area contributed by atoms with E-state index in [0.29, 0.717) is 0 Å². The monoisotopic (exact) mass is 218 g/mol. The largest absolute Gasteiger partial charge is 0.481 e. The fourth-order valence-corrected chi connectivity index (χ4v) is 0.987. The van der Waals surface area contributed by atoms with E-state index in [1.807, 2.05) is 0 Å². The Morgan fingerprint density at radius 3 is 2.07 bits per heavy atom. The highest BCUT2D eigenvalue weighted by molar-refractivity contribution is 5.82. The lowest BCUT2D eigenvalue weighted by Crippen LogP contribution is -2.19. The van der Waals surface area contributed by atoms with Crippen molar-refractivity contribution < 1.29 is 29.7 Å². The molecular formula is C9H14O6. The Bertz CT molecular complexity index is 247. The highest BCUT2D eigenvalue weighted by atomic mass is 16.4. The molecule has 0 aromatic rings. The van der Waals surface area contributed by atoms with E-state index in [4.69, 9.17) is 15.3 Å². The maximum atomic E-state index is 11.0. The molecule has 0 aromatic carbocycles. The van der Waals surface area contributed by atoms with Gasteiger partial charge in [-0.2, -0.15) is 0 Å². The molecule has 0 aliphatic carbocycles. The third-order valence-corrected chi connectivity index (χ3v) is 1.84. The van der Waals surface area contributed by atoms with Gasteiger partial charge in [-0.15, -0.1) is 0 Å². The topological polar surface area (TPSA) is 112 Å². The molecule has 0 amide bonds. The lowest BCUT2D eigenvalue weighted by Gasteiger charge is -2.03. The molecule has 15 heavy (non-hydrogen) atoms. The Morgan fingerprint density at radius 1 is 1.00 bits per heavy atom. The van der Waals surface area contributed by atoms with Crippen LogP contribution in [0.3, 0.4) is 0 Å². The zero-order chi connectivity index (χ0) is 11.8. The lowest BCUT2D eigenvalue weighted by molar-refractivity contribution is -0.147. The standard InChI is InChI=1S/C9H14O6/c10-6(4-5-8(12)13)2-1-3-7(11)9(14)15/h7,11H,1-5H2,(H,12,13)(H,14,15). The van der Waals surface area contributed by atoms with Crippen molar-refractivity contribution in [3.8, 4) is 0 Å². The molecule has 0 fully saturated rings. The van der Waals surface area contributed by atoms with E-state index in [2.05, 4.69) is 0 Å². The van der Waals surface area contributed by atoms with Crippen LogP contribution in [0.15, 0.2) is 0 Å². The molecule has 6 nitrogen and oxygen atoms in total. The second kappa shape index (κ2) is 6.94. The average Bonchev–Trinajstić information content (AvgIpc) is 2.14. The van der Waals surface area contributed by atoms with Gasteiger partial charge in [0.15, 0.2) is 6.10 Å². The number of hydrogen-bond acceptors (Lipinski definition) is 4. The predicted molar refractivity (Wildman–Crippen MR) is 49.4 cm³/mol. The highest BCUT2D eigenvalue weighted by Gasteiger charge is 2.13. The van der Waals surface area contributed by atoms with Crippen LogP contribution >= 0.6 is 0 Å². The zero-order valence-electron chi connectivity index (χ0n) is 8.18. The fourth-order valence-electron chi connectivity index (χ4n) is 0.987. The minimum atomic E-state index is -1.45. The van der Waals surface area contributed by atoms with Gasteiger partial charge in [-0.1, -0.05) is 0 Å². The summed E-state index contributed by atoms with van der Waals surface area (Å²) in [6.07, 6.45) is -1.33. The molecule has 0 rings (SSSR count). The Balaban J connectivity index is 3.55. The van der Waals surface area contributed by atoms with Crippen LogP contribution < -0.4 is 0 Å². The van der Waals surface area contributed by atoms with Crippen molar-refractivity contribution >= 4 is 17.7 Å². The van der Waals surface area contributed by atoms with Gasteiger partial charge >= 0.3 is 11.9 Å². The van der Waals surface area contributed by atoms with Crippen molar-refractivity contribution in [1.29, 1.82) is 0 Å². The molecule has 0 aliphatic heterocycles. The Kier molecular flexibility index (Phi) is 6.28. The van der Waals surface area contributed by atoms with Crippen LogP contribution in [0.2, 0.25) is 0 Å². The summed E-state index contributed by atoms with van der Waals surface area (Å²) in [5.41, 5.74) is 0. The highest BCUT2D eigenvalue weighted by Crippen LogP contribution is 2.04. The van der Waals surface area contributed by atoms with Gasteiger partial charge in [0.05, 0.1) is 6.42 Å². The first-order chi connectivity index (χ1) is 6.93. The third-order valence-electron chi connectivity index (χ3n) is 1.84. The average molecular weight is 218 g/mol. The third kappa shape index (κ3) is 7.63. The van der Waals surface area contributed by atoms with Crippen LogP contribution in [-0.4, -0.2) is 39.1 Å². The first-order valence-electron chi connectivity index (χ1n) is 4.58. The number of aliphatic hydroxyl groups excluding tert-OH is 1. The normalized spacial score (nSPS) is 12.1. The zero-order valence-corrected chi connectivity index (χ0v) is 8.18. The number of Topliss-reactive ketones (excluding diaryl/α,β-unsaturated/α-hetero) is 1. The second-order valence-corrected chi connectivity index (χ2v) is 3.18. The fraction of sp³-hybridized carbons (Fsp3) is 0.667. The number of aliphatic hydroxyl groups is 1. The van der Waals surface area contributed by atoms with E-state index in [9.17, 15) is 14.4 Å². The first kappa shape index (κ1) is 13.6. The van der Waals surface area contributed by atoms with Gasteiger partial charge in [-0.05, 0) is 12.8 Å². The Labute approximate surface area is 86.5 Å². The molecule has 0 bridgehead atoms. The summed E-state index contributed by atoms with van der Waals surface area (Å²) < 4.78 is 0. The summed E-state index contributed by atoms with van der Waals surface area (Å²) >= 11 is 0. The van der Waals surface area contributed by atoms with Crippen molar-refractivity contribution in [3.63, 3.8) is 0 Å². The second-order valence-electron chi connectivity index (χ2n) is 3.18. The maximum absolute atomic E-state index is 11.0. The van der Waals surface area contributed by atoms with Gasteiger partial charge in [-0.25, -0.2) is 4.79 Å². The smallest absolute Gasteiger partial charge is 0.332 e. The van der Waals surface area contributed by atoms with Gasteiger partial charge in [-0.3, -0.25) is 9.59 Å². The number of carbonyl (C=O) groups excluding carboxylic acids is 1. The molecule has 3 N–H and O–H groups in total. The van der Waals surface area contributed by atoms with Crippen molar-refractivity contribution in [1.82, 2.24) is 0 Å². The molecule has 0 saturated heterocycles. The van der Waals surface area contributed by atoms with Gasteiger partial charge in [0.1, 0.15) is 5.78 Å². The Hall–Kier alpha value is -1.43. The molecule has 0 aliphatic rings. The summed E-state index contributed by atoms with van der Waals surface area (Å²) in [6, 6.07) is 0. The van der Waals surface area contributed by atoms with Crippen molar-refractivity contribution in [2.75, 3.05) is 0 Å². The first-order valence-corrected chi connectivity index (χ1v) is 4.58. The van der Waals surface area contributed by atoms with Gasteiger partial charge in [0, 0.05) is 12.8 Å². The van der Waals surface area contributed by atoms with Gasteiger partial charge in [0.2, 0.25) is 0 Å². The number of aliphatic carboxylic acids is 2. The van der Waals surface area contributed by atoms with Crippen LogP contribution in [-0.2, 0) is 14.4 Å². The molecule has 6 heteroatoms.